The Labute approximate surface area is 73.6 Å². The first-order valence-electron chi connectivity index (χ1n) is 4.44. The Morgan fingerprint density at radius 2 is 1.77 bits per heavy atom. The number of allylic oxidation sites excluding steroid dienone is 1. The Morgan fingerprint density at radius 1 is 1.08 bits per heavy atom. The number of alkyl halides is 3. The van der Waals surface area contributed by atoms with Gasteiger partial charge in [-0.3, -0.25) is 0 Å². The Morgan fingerprint density at radius 3 is 2.31 bits per heavy atom. The van der Waals surface area contributed by atoms with Crippen molar-refractivity contribution in [1.82, 2.24) is 0 Å². The summed E-state index contributed by atoms with van der Waals surface area (Å²) in [4.78, 5) is 0. The van der Waals surface area contributed by atoms with Crippen molar-refractivity contribution in [1.29, 1.82) is 0 Å². The van der Waals surface area contributed by atoms with E-state index in [0.717, 1.165) is 0 Å². The largest absolute Gasteiger partial charge is 0.411 e. The van der Waals surface area contributed by atoms with Gasteiger partial charge in [0.15, 0.2) is 0 Å². The Balaban J connectivity index is 1.56. The number of hydrogen-bond acceptors (Lipinski definition) is 1. The van der Waals surface area contributed by atoms with Crippen molar-refractivity contribution < 1.29 is 17.9 Å². The fourth-order valence-corrected chi connectivity index (χ4v) is 2.56. The Bertz CT molecular complexity index is 261. The summed E-state index contributed by atoms with van der Waals surface area (Å²) in [6.45, 7) is -1.11. The van der Waals surface area contributed by atoms with E-state index < -0.39 is 12.8 Å². The second-order valence-electron chi connectivity index (χ2n) is 4.09. The van der Waals surface area contributed by atoms with Crippen molar-refractivity contribution >= 4 is 0 Å². The summed E-state index contributed by atoms with van der Waals surface area (Å²) in [7, 11) is 0. The molecule has 72 valence electrons. The first kappa shape index (κ1) is 7.85. The molecular formula is C9H9F3O. The van der Waals surface area contributed by atoms with Crippen LogP contribution < -0.4 is 0 Å². The van der Waals surface area contributed by atoms with Gasteiger partial charge in [-0.15, -0.1) is 0 Å². The summed E-state index contributed by atoms with van der Waals surface area (Å²) in [5, 5.41) is 0. The lowest BCUT2D eigenvalue weighted by atomic mass is 9.93. The molecule has 2 saturated carbocycles. The van der Waals surface area contributed by atoms with Crippen LogP contribution in [0.4, 0.5) is 13.2 Å². The molecule has 2 fully saturated rings. The molecule has 0 heterocycles. The van der Waals surface area contributed by atoms with Gasteiger partial charge in [0, 0.05) is 0 Å². The Kier molecular flexibility index (Phi) is 1.27. The SMILES string of the molecule is FC(F)(F)CO[C@H]1C=CC2C3C1[C@H]23. The number of ether oxygens (including phenoxy) is 1. The predicted octanol–water partition coefficient (Wildman–Crippen LogP) is 2.00. The lowest BCUT2D eigenvalue weighted by Crippen LogP contribution is -2.28. The summed E-state index contributed by atoms with van der Waals surface area (Å²) < 4.78 is 40.2. The van der Waals surface area contributed by atoms with Crippen molar-refractivity contribution in [3.63, 3.8) is 0 Å². The van der Waals surface area contributed by atoms with E-state index in [4.69, 9.17) is 4.74 Å². The van der Waals surface area contributed by atoms with E-state index >= 15 is 0 Å². The topological polar surface area (TPSA) is 9.23 Å². The minimum Gasteiger partial charge on any atom is -0.364 e. The van der Waals surface area contributed by atoms with Gasteiger partial charge in [0.05, 0.1) is 6.10 Å². The van der Waals surface area contributed by atoms with Gasteiger partial charge in [0.1, 0.15) is 6.61 Å². The fourth-order valence-electron chi connectivity index (χ4n) is 2.56. The zero-order valence-electron chi connectivity index (χ0n) is 6.79. The van der Waals surface area contributed by atoms with Crippen LogP contribution in [0.15, 0.2) is 12.2 Å². The van der Waals surface area contributed by atoms with E-state index in [2.05, 4.69) is 0 Å². The van der Waals surface area contributed by atoms with Gasteiger partial charge in [-0.1, -0.05) is 12.2 Å². The summed E-state index contributed by atoms with van der Waals surface area (Å²) in [6.07, 6.45) is -0.650. The molecule has 0 aromatic rings. The number of hydrogen-bond donors (Lipinski definition) is 0. The van der Waals surface area contributed by atoms with Crippen molar-refractivity contribution in [3.05, 3.63) is 12.2 Å². The lowest BCUT2D eigenvalue weighted by molar-refractivity contribution is -0.184. The van der Waals surface area contributed by atoms with Gasteiger partial charge in [-0.05, 0) is 23.7 Å². The highest BCUT2D eigenvalue weighted by Crippen LogP contribution is 2.77. The summed E-state index contributed by atoms with van der Waals surface area (Å²) in [6, 6.07) is 0. The summed E-state index contributed by atoms with van der Waals surface area (Å²) >= 11 is 0. The normalized spacial score (nSPS) is 50.2. The third kappa shape index (κ3) is 1.11. The minimum absolute atomic E-state index is 0.262. The number of halogens is 3. The second kappa shape index (κ2) is 2.11. The molecule has 0 aliphatic heterocycles. The van der Waals surface area contributed by atoms with E-state index in [-0.39, 0.29) is 6.10 Å². The molecule has 2 bridgehead atoms. The highest BCUT2D eigenvalue weighted by atomic mass is 19.4. The third-order valence-electron chi connectivity index (χ3n) is 3.28. The molecule has 3 unspecified atom stereocenters. The maximum absolute atomic E-state index is 11.8. The molecule has 4 rings (SSSR count). The highest BCUT2D eigenvalue weighted by molar-refractivity contribution is 5.33. The van der Waals surface area contributed by atoms with Crippen LogP contribution in [0, 0.1) is 23.7 Å². The average molecular weight is 190 g/mol. The molecule has 0 radical (unpaired) electrons. The molecule has 4 aliphatic carbocycles. The van der Waals surface area contributed by atoms with Crippen LogP contribution in [0.1, 0.15) is 0 Å². The second-order valence-corrected chi connectivity index (χ2v) is 4.09. The van der Waals surface area contributed by atoms with Gasteiger partial charge >= 0.3 is 6.18 Å². The van der Waals surface area contributed by atoms with E-state index in [1.807, 2.05) is 6.08 Å². The maximum Gasteiger partial charge on any atom is 0.411 e. The van der Waals surface area contributed by atoms with Crippen LogP contribution in [0.25, 0.3) is 0 Å². The smallest absolute Gasteiger partial charge is 0.364 e. The molecule has 0 spiro atoms. The molecule has 4 aliphatic rings. The van der Waals surface area contributed by atoms with Gasteiger partial charge in [-0.25, -0.2) is 0 Å². The number of fused-ring (bicyclic) bond motifs is 1. The van der Waals surface area contributed by atoms with E-state index in [9.17, 15) is 13.2 Å². The quantitative estimate of drug-likeness (QED) is 0.605. The molecule has 0 saturated heterocycles. The molecular weight excluding hydrogens is 181 g/mol. The zero-order chi connectivity index (χ0) is 9.22. The van der Waals surface area contributed by atoms with Gasteiger partial charge in [0.25, 0.3) is 0 Å². The van der Waals surface area contributed by atoms with Gasteiger partial charge < -0.3 is 4.74 Å². The highest BCUT2D eigenvalue weighted by Gasteiger charge is 2.75. The van der Waals surface area contributed by atoms with Crippen molar-refractivity contribution in [2.45, 2.75) is 12.3 Å². The molecule has 4 heteroatoms. The first-order chi connectivity index (χ1) is 6.08. The fraction of sp³-hybridized carbons (Fsp3) is 0.778. The minimum atomic E-state index is -4.19. The molecule has 0 N–H and O–H groups in total. The van der Waals surface area contributed by atoms with Gasteiger partial charge in [-0.2, -0.15) is 13.2 Å². The van der Waals surface area contributed by atoms with Crippen LogP contribution in [0.2, 0.25) is 0 Å². The van der Waals surface area contributed by atoms with E-state index in [1.54, 1.807) is 6.08 Å². The molecule has 1 nitrogen and oxygen atoms in total. The van der Waals surface area contributed by atoms with Crippen molar-refractivity contribution in [2.75, 3.05) is 6.61 Å². The zero-order valence-corrected chi connectivity index (χ0v) is 6.79. The van der Waals surface area contributed by atoms with E-state index in [1.165, 1.54) is 0 Å². The van der Waals surface area contributed by atoms with Gasteiger partial charge in [0.2, 0.25) is 0 Å². The average Bonchev–Trinajstić information content (AvgIpc) is 2.88. The maximum atomic E-state index is 11.8. The molecule has 13 heavy (non-hydrogen) atoms. The molecule has 0 aromatic carbocycles. The Hall–Kier alpha value is -0.510. The van der Waals surface area contributed by atoms with Crippen LogP contribution in [-0.4, -0.2) is 18.9 Å². The van der Waals surface area contributed by atoms with Crippen molar-refractivity contribution in [2.24, 2.45) is 23.7 Å². The number of rotatable bonds is 2. The van der Waals surface area contributed by atoms with Crippen molar-refractivity contribution in [3.8, 4) is 0 Å². The van der Waals surface area contributed by atoms with Crippen LogP contribution >= 0.6 is 0 Å². The summed E-state index contributed by atoms with van der Waals surface area (Å²) in [5.74, 6) is 2.44. The van der Waals surface area contributed by atoms with E-state index in [0.29, 0.717) is 23.7 Å². The van der Waals surface area contributed by atoms with Crippen LogP contribution in [0.5, 0.6) is 0 Å². The lowest BCUT2D eigenvalue weighted by Gasteiger charge is -2.24. The predicted molar refractivity (Wildman–Crippen MR) is 38.9 cm³/mol. The standard InChI is InChI=1S/C9H9F3O/c10-9(11,12)3-13-5-2-1-4-6-7(4)8(5)6/h1-2,4-8H,3H2/t4?,5-,6+,7?,8?/m0/s1. The monoisotopic (exact) mass is 190 g/mol. The van der Waals surface area contributed by atoms with Crippen LogP contribution in [-0.2, 0) is 4.74 Å². The molecule has 5 atom stereocenters. The summed E-state index contributed by atoms with van der Waals surface area (Å²) in [5.41, 5.74) is 0. The van der Waals surface area contributed by atoms with Crippen LogP contribution in [0.3, 0.4) is 0 Å². The molecule has 0 aromatic heterocycles. The first-order valence-corrected chi connectivity index (χ1v) is 4.44. The third-order valence-corrected chi connectivity index (χ3v) is 3.28. The molecule has 0 amide bonds.